The summed E-state index contributed by atoms with van der Waals surface area (Å²) in [4.78, 5) is 36.5. The summed E-state index contributed by atoms with van der Waals surface area (Å²) in [5.74, 6) is -0.120. The Hall–Kier alpha value is -2.39. The number of alkyl halides is 3. The van der Waals surface area contributed by atoms with Crippen molar-refractivity contribution in [1.29, 1.82) is 0 Å². The van der Waals surface area contributed by atoms with Crippen LogP contribution in [0.4, 0.5) is 19.1 Å². The molecule has 7 nitrogen and oxygen atoms in total. The SMILES string of the molecule is Cc1cc(C(F)(F)F)nc(N2CCN(C(=O)CN3CCCC3=O)CC2)n1. The molecule has 3 rings (SSSR count). The van der Waals surface area contributed by atoms with E-state index in [4.69, 9.17) is 0 Å². The molecule has 0 unspecified atom stereocenters. The molecule has 0 saturated carbocycles. The van der Waals surface area contributed by atoms with E-state index >= 15 is 0 Å². The van der Waals surface area contributed by atoms with Gasteiger partial charge in [0.25, 0.3) is 0 Å². The summed E-state index contributed by atoms with van der Waals surface area (Å²) in [6.07, 6.45) is -3.28. The fourth-order valence-corrected chi connectivity index (χ4v) is 3.13. The second-order valence-electron chi connectivity index (χ2n) is 6.48. The molecular formula is C16H20F3N5O2. The lowest BCUT2D eigenvalue weighted by molar-refractivity contribution is -0.141. The van der Waals surface area contributed by atoms with Gasteiger partial charge < -0.3 is 14.7 Å². The first kappa shape index (κ1) is 18.4. The molecule has 3 heterocycles. The molecule has 0 spiro atoms. The van der Waals surface area contributed by atoms with Gasteiger partial charge in [0.2, 0.25) is 17.8 Å². The fraction of sp³-hybridized carbons (Fsp3) is 0.625. The predicted octanol–water partition coefficient (Wildman–Crippen LogP) is 1.07. The lowest BCUT2D eigenvalue weighted by Gasteiger charge is -2.35. The van der Waals surface area contributed by atoms with E-state index in [0.29, 0.717) is 39.1 Å². The molecule has 2 aliphatic heterocycles. The first-order chi connectivity index (χ1) is 12.2. The third-order valence-electron chi connectivity index (χ3n) is 4.55. The minimum Gasteiger partial charge on any atom is -0.338 e. The quantitative estimate of drug-likeness (QED) is 0.795. The van der Waals surface area contributed by atoms with Crippen LogP contribution >= 0.6 is 0 Å². The van der Waals surface area contributed by atoms with Crippen molar-refractivity contribution < 1.29 is 22.8 Å². The zero-order valence-corrected chi connectivity index (χ0v) is 14.4. The summed E-state index contributed by atoms with van der Waals surface area (Å²) in [6, 6.07) is 0.913. The highest BCUT2D eigenvalue weighted by atomic mass is 19.4. The third-order valence-corrected chi connectivity index (χ3v) is 4.55. The predicted molar refractivity (Wildman–Crippen MR) is 86.4 cm³/mol. The van der Waals surface area contributed by atoms with Gasteiger partial charge in [-0.05, 0) is 19.4 Å². The molecular weight excluding hydrogens is 351 g/mol. The molecule has 10 heteroatoms. The normalized spacial score (nSPS) is 18.6. The van der Waals surface area contributed by atoms with E-state index in [1.165, 1.54) is 6.92 Å². The van der Waals surface area contributed by atoms with Gasteiger partial charge in [-0.2, -0.15) is 13.2 Å². The second kappa shape index (κ2) is 7.08. The highest BCUT2D eigenvalue weighted by Gasteiger charge is 2.34. The summed E-state index contributed by atoms with van der Waals surface area (Å²) in [5.41, 5.74) is -0.723. The van der Waals surface area contributed by atoms with Crippen molar-refractivity contribution in [3.8, 4) is 0 Å². The average molecular weight is 371 g/mol. The number of piperazine rings is 1. The Balaban J connectivity index is 1.61. The van der Waals surface area contributed by atoms with Crippen molar-refractivity contribution in [2.45, 2.75) is 25.9 Å². The summed E-state index contributed by atoms with van der Waals surface area (Å²) in [7, 11) is 0. The highest BCUT2D eigenvalue weighted by molar-refractivity contribution is 5.86. The van der Waals surface area contributed by atoms with Crippen molar-refractivity contribution in [2.75, 3.05) is 44.2 Å². The Morgan fingerprint density at radius 3 is 2.42 bits per heavy atom. The number of carbonyl (C=O) groups is 2. The van der Waals surface area contributed by atoms with Crippen LogP contribution in [0.15, 0.2) is 6.07 Å². The number of aromatic nitrogens is 2. The molecule has 0 N–H and O–H groups in total. The van der Waals surface area contributed by atoms with Gasteiger partial charge in [-0.1, -0.05) is 0 Å². The van der Waals surface area contributed by atoms with Crippen molar-refractivity contribution in [3.63, 3.8) is 0 Å². The summed E-state index contributed by atoms with van der Waals surface area (Å²) >= 11 is 0. The Morgan fingerprint density at radius 2 is 1.85 bits per heavy atom. The van der Waals surface area contributed by atoms with Gasteiger partial charge in [0.15, 0.2) is 0 Å². The first-order valence-electron chi connectivity index (χ1n) is 8.47. The first-order valence-corrected chi connectivity index (χ1v) is 8.47. The Morgan fingerprint density at radius 1 is 1.15 bits per heavy atom. The molecule has 2 amide bonds. The molecule has 0 atom stereocenters. The number of amides is 2. The van der Waals surface area contributed by atoms with Gasteiger partial charge in [0.1, 0.15) is 5.69 Å². The maximum absolute atomic E-state index is 12.9. The van der Waals surface area contributed by atoms with Crippen LogP contribution in [0.1, 0.15) is 24.2 Å². The Bertz CT molecular complexity index is 702. The van der Waals surface area contributed by atoms with E-state index in [1.807, 2.05) is 0 Å². The van der Waals surface area contributed by atoms with Crippen LogP contribution in [0.25, 0.3) is 0 Å². The van der Waals surface area contributed by atoms with Gasteiger partial charge in [-0.25, -0.2) is 9.97 Å². The molecule has 2 aliphatic rings. The highest BCUT2D eigenvalue weighted by Crippen LogP contribution is 2.29. The smallest absolute Gasteiger partial charge is 0.338 e. The summed E-state index contributed by atoms with van der Waals surface area (Å²) in [5, 5.41) is 0. The standard InChI is InChI=1S/C16H20F3N5O2/c1-11-9-12(16(17,18)19)21-15(20-11)23-7-5-22(6-8-23)14(26)10-24-4-2-3-13(24)25/h9H,2-8,10H2,1H3. The van der Waals surface area contributed by atoms with Crippen LogP contribution in [0.3, 0.4) is 0 Å². The van der Waals surface area contributed by atoms with E-state index < -0.39 is 11.9 Å². The van der Waals surface area contributed by atoms with Gasteiger partial charge in [0.05, 0.1) is 6.54 Å². The van der Waals surface area contributed by atoms with Crippen molar-refractivity contribution in [3.05, 3.63) is 17.5 Å². The summed E-state index contributed by atoms with van der Waals surface area (Å²) in [6.45, 7) is 3.58. The van der Waals surface area contributed by atoms with E-state index in [0.717, 1.165) is 12.5 Å². The zero-order valence-electron chi connectivity index (χ0n) is 14.4. The molecule has 0 aliphatic carbocycles. The average Bonchev–Trinajstić information content (AvgIpc) is 2.98. The lowest BCUT2D eigenvalue weighted by Crippen LogP contribution is -2.51. The largest absolute Gasteiger partial charge is 0.433 e. The summed E-state index contributed by atoms with van der Waals surface area (Å²) < 4.78 is 38.7. The lowest BCUT2D eigenvalue weighted by atomic mass is 10.3. The van der Waals surface area contributed by atoms with Gasteiger partial charge in [-0.15, -0.1) is 0 Å². The third kappa shape index (κ3) is 4.05. The van der Waals surface area contributed by atoms with Crippen LogP contribution < -0.4 is 4.90 Å². The van der Waals surface area contributed by atoms with Gasteiger partial charge >= 0.3 is 6.18 Å². The number of hydrogen-bond acceptors (Lipinski definition) is 5. The van der Waals surface area contributed by atoms with Gasteiger partial charge in [0, 0.05) is 44.8 Å². The number of hydrogen-bond donors (Lipinski definition) is 0. The molecule has 2 saturated heterocycles. The van der Waals surface area contributed by atoms with Crippen LogP contribution in [0.5, 0.6) is 0 Å². The maximum atomic E-state index is 12.9. The molecule has 0 bridgehead atoms. The number of nitrogens with zero attached hydrogens (tertiary/aromatic N) is 5. The van der Waals surface area contributed by atoms with E-state index in [-0.39, 0.29) is 30.0 Å². The Kier molecular flexibility index (Phi) is 5.01. The van der Waals surface area contributed by atoms with Crippen LogP contribution in [0.2, 0.25) is 0 Å². The number of anilines is 1. The van der Waals surface area contributed by atoms with Crippen LogP contribution in [0, 0.1) is 6.92 Å². The van der Waals surface area contributed by atoms with Crippen LogP contribution in [-0.2, 0) is 15.8 Å². The minimum absolute atomic E-state index is 0.00942. The fourth-order valence-electron chi connectivity index (χ4n) is 3.13. The zero-order chi connectivity index (χ0) is 18.9. The van der Waals surface area contributed by atoms with Crippen molar-refractivity contribution in [2.24, 2.45) is 0 Å². The monoisotopic (exact) mass is 371 g/mol. The topological polar surface area (TPSA) is 69.6 Å². The number of halogens is 3. The molecule has 1 aromatic heterocycles. The molecule has 0 radical (unpaired) electrons. The van der Waals surface area contributed by atoms with Crippen molar-refractivity contribution >= 4 is 17.8 Å². The van der Waals surface area contributed by atoms with Crippen LogP contribution in [-0.4, -0.2) is 70.9 Å². The van der Waals surface area contributed by atoms with E-state index in [2.05, 4.69) is 9.97 Å². The van der Waals surface area contributed by atoms with Gasteiger partial charge in [-0.3, -0.25) is 9.59 Å². The number of likely N-dealkylation sites (tertiary alicyclic amines) is 1. The second-order valence-corrected chi connectivity index (χ2v) is 6.48. The molecule has 0 aromatic carbocycles. The maximum Gasteiger partial charge on any atom is 0.433 e. The number of rotatable bonds is 3. The van der Waals surface area contributed by atoms with Crippen molar-refractivity contribution in [1.82, 2.24) is 19.8 Å². The van der Waals surface area contributed by atoms with E-state index in [1.54, 1.807) is 14.7 Å². The number of carbonyl (C=O) groups excluding carboxylic acids is 2. The minimum atomic E-state index is -4.53. The Labute approximate surface area is 148 Å². The molecule has 142 valence electrons. The molecule has 26 heavy (non-hydrogen) atoms. The van der Waals surface area contributed by atoms with E-state index in [9.17, 15) is 22.8 Å². The molecule has 1 aromatic rings. The molecule has 2 fully saturated rings. The number of aryl methyl sites for hydroxylation is 1.